The van der Waals surface area contributed by atoms with Crippen molar-refractivity contribution < 1.29 is 0 Å². The molecular weight excluding hydrogens is 174 g/mol. The molecule has 1 rings (SSSR count). The zero-order chi connectivity index (χ0) is 10.6. The molecule has 1 aliphatic heterocycles. The molecule has 0 aromatic rings. The standard InChI is InChI=1S/C11H25N3/c1-4-10(2)11(12)9-14-7-5-13(3)6-8-14/h10-11H,4-9,12H2,1-3H3/t10-,11-/m1/s1. The molecule has 0 unspecified atom stereocenters. The van der Waals surface area contributed by atoms with E-state index in [9.17, 15) is 0 Å². The Bertz CT molecular complexity index is 153. The van der Waals surface area contributed by atoms with Gasteiger partial charge < -0.3 is 10.6 Å². The lowest BCUT2D eigenvalue weighted by Crippen LogP contribution is -2.49. The van der Waals surface area contributed by atoms with Crippen molar-refractivity contribution in [2.75, 3.05) is 39.8 Å². The highest BCUT2D eigenvalue weighted by Gasteiger charge is 2.18. The van der Waals surface area contributed by atoms with Crippen LogP contribution >= 0.6 is 0 Å². The molecule has 2 atom stereocenters. The van der Waals surface area contributed by atoms with Gasteiger partial charge in [-0.05, 0) is 13.0 Å². The first-order valence-corrected chi connectivity index (χ1v) is 5.80. The zero-order valence-electron chi connectivity index (χ0n) is 9.87. The van der Waals surface area contributed by atoms with E-state index in [1.807, 2.05) is 0 Å². The second kappa shape index (κ2) is 5.69. The van der Waals surface area contributed by atoms with Crippen LogP contribution in [0.3, 0.4) is 0 Å². The van der Waals surface area contributed by atoms with Gasteiger partial charge in [-0.15, -0.1) is 0 Å². The fourth-order valence-corrected chi connectivity index (χ4v) is 1.81. The Morgan fingerprint density at radius 2 is 1.79 bits per heavy atom. The van der Waals surface area contributed by atoms with Crippen LogP contribution in [0.5, 0.6) is 0 Å². The molecule has 0 amide bonds. The Hall–Kier alpha value is -0.120. The summed E-state index contributed by atoms with van der Waals surface area (Å²) in [6.07, 6.45) is 1.19. The molecule has 0 aromatic carbocycles. The summed E-state index contributed by atoms with van der Waals surface area (Å²) >= 11 is 0. The molecule has 1 heterocycles. The van der Waals surface area contributed by atoms with Gasteiger partial charge in [0.1, 0.15) is 0 Å². The predicted molar refractivity (Wildman–Crippen MR) is 61.4 cm³/mol. The van der Waals surface area contributed by atoms with Crippen molar-refractivity contribution >= 4 is 0 Å². The van der Waals surface area contributed by atoms with Crippen LogP contribution in [-0.2, 0) is 0 Å². The Labute approximate surface area is 88.2 Å². The van der Waals surface area contributed by atoms with E-state index in [0.29, 0.717) is 12.0 Å². The first-order valence-electron chi connectivity index (χ1n) is 5.80. The van der Waals surface area contributed by atoms with Crippen molar-refractivity contribution in [2.45, 2.75) is 26.3 Å². The van der Waals surface area contributed by atoms with Crippen molar-refractivity contribution in [3.8, 4) is 0 Å². The number of piperazine rings is 1. The maximum absolute atomic E-state index is 6.14. The molecule has 0 spiro atoms. The number of hydrogen-bond acceptors (Lipinski definition) is 3. The fraction of sp³-hybridized carbons (Fsp3) is 1.00. The third kappa shape index (κ3) is 3.56. The third-order valence-corrected chi connectivity index (χ3v) is 3.44. The smallest absolute Gasteiger partial charge is 0.0193 e. The minimum atomic E-state index is 0.350. The molecule has 0 aromatic heterocycles. The quantitative estimate of drug-likeness (QED) is 0.720. The molecule has 1 saturated heterocycles. The van der Waals surface area contributed by atoms with E-state index in [-0.39, 0.29) is 0 Å². The Morgan fingerprint density at radius 1 is 1.21 bits per heavy atom. The van der Waals surface area contributed by atoms with Crippen LogP contribution in [0.1, 0.15) is 20.3 Å². The lowest BCUT2D eigenvalue weighted by Gasteiger charge is -2.35. The molecule has 0 saturated carbocycles. The van der Waals surface area contributed by atoms with Gasteiger partial charge in [0.25, 0.3) is 0 Å². The summed E-state index contributed by atoms with van der Waals surface area (Å²) in [7, 11) is 2.19. The molecule has 3 heteroatoms. The van der Waals surface area contributed by atoms with Crippen LogP contribution in [0.15, 0.2) is 0 Å². The molecule has 1 fully saturated rings. The predicted octanol–water partition coefficient (Wildman–Crippen LogP) is 0.607. The highest BCUT2D eigenvalue weighted by molar-refractivity contribution is 4.76. The van der Waals surface area contributed by atoms with Gasteiger partial charge in [0, 0.05) is 38.8 Å². The molecule has 0 aliphatic carbocycles. The molecule has 14 heavy (non-hydrogen) atoms. The minimum Gasteiger partial charge on any atom is -0.326 e. The van der Waals surface area contributed by atoms with Crippen LogP contribution in [-0.4, -0.2) is 55.6 Å². The van der Waals surface area contributed by atoms with Crippen LogP contribution in [0.4, 0.5) is 0 Å². The normalized spacial score (nSPS) is 24.9. The Morgan fingerprint density at radius 3 is 2.29 bits per heavy atom. The molecule has 1 aliphatic rings. The van der Waals surface area contributed by atoms with Crippen LogP contribution in [0.25, 0.3) is 0 Å². The van der Waals surface area contributed by atoms with Crippen LogP contribution < -0.4 is 5.73 Å². The maximum atomic E-state index is 6.14. The Kier molecular flexibility index (Phi) is 4.85. The van der Waals surface area contributed by atoms with Crippen LogP contribution in [0.2, 0.25) is 0 Å². The van der Waals surface area contributed by atoms with Gasteiger partial charge in [0.2, 0.25) is 0 Å². The van der Waals surface area contributed by atoms with Gasteiger partial charge in [-0.3, -0.25) is 4.90 Å². The van der Waals surface area contributed by atoms with Gasteiger partial charge in [-0.2, -0.15) is 0 Å². The van der Waals surface area contributed by atoms with E-state index in [0.717, 1.165) is 6.54 Å². The molecule has 84 valence electrons. The van der Waals surface area contributed by atoms with Crippen molar-refractivity contribution in [3.05, 3.63) is 0 Å². The summed E-state index contributed by atoms with van der Waals surface area (Å²) in [6, 6.07) is 0.350. The molecule has 3 nitrogen and oxygen atoms in total. The summed E-state index contributed by atoms with van der Waals surface area (Å²) in [4.78, 5) is 4.88. The van der Waals surface area contributed by atoms with E-state index in [1.165, 1.54) is 32.6 Å². The summed E-state index contributed by atoms with van der Waals surface area (Å²) in [5.41, 5.74) is 6.14. The van der Waals surface area contributed by atoms with Crippen molar-refractivity contribution in [1.29, 1.82) is 0 Å². The van der Waals surface area contributed by atoms with E-state index in [2.05, 4.69) is 30.7 Å². The average Bonchev–Trinajstić information content (AvgIpc) is 2.20. The number of nitrogens with zero attached hydrogens (tertiary/aromatic N) is 2. The largest absolute Gasteiger partial charge is 0.326 e. The summed E-state index contributed by atoms with van der Waals surface area (Å²) in [5, 5.41) is 0. The fourth-order valence-electron chi connectivity index (χ4n) is 1.81. The minimum absolute atomic E-state index is 0.350. The second-order valence-corrected chi connectivity index (χ2v) is 4.65. The first-order chi connectivity index (χ1) is 6.63. The maximum Gasteiger partial charge on any atom is 0.0193 e. The van der Waals surface area contributed by atoms with Gasteiger partial charge >= 0.3 is 0 Å². The number of nitrogens with two attached hydrogens (primary N) is 1. The highest BCUT2D eigenvalue weighted by Crippen LogP contribution is 2.08. The molecule has 0 radical (unpaired) electrons. The van der Waals surface area contributed by atoms with Crippen molar-refractivity contribution in [1.82, 2.24) is 9.80 Å². The van der Waals surface area contributed by atoms with Gasteiger partial charge in [0.05, 0.1) is 0 Å². The number of hydrogen-bond donors (Lipinski definition) is 1. The topological polar surface area (TPSA) is 32.5 Å². The summed E-state index contributed by atoms with van der Waals surface area (Å²) < 4.78 is 0. The molecule has 0 bridgehead atoms. The van der Waals surface area contributed by atoms with Crippen molar-refractivity contribution in [3.63, 3.8) is 0 Å². The van der Waals surface area contributed by atoms with E-state index < -0.39 is 0 Å². The van der Waals surface area contributed by atoms with E-state index in [4.69, 9.17) is 5.73 Å². The van der Waals surface area contributed by atoms with Gasteiger partial charge in [-0.1, -0.05) is 20.3 Å². The Balaban J connectivity index is 2.23. The van der Waals surface area contributed by atoms with E-state index in [1.54, 1.807) is 0 Å². The lowest BCUT2D eigenvalue weighted by molar-refractivity contribution is 0.139. The summed E-state index contributed by atoms with van der Waals surface area (Å²) in [6.45, 7) is 10.3. The average molecular weight is 199 g/mol. The SMILES string of the molecule is CC[C@@H](C)[C@H](N)CN1CCN(C)CC1. The second-order valence-electron chi connectivity index (χ2n) is 4.65. The van der Waals surface area contributed by atoms with E-state index >= 15 is 0 Å². The molecule has 2 N–H and O–H groups in total. The first kappa shape index (κ1) is 12.0. The number of likely N-dealkylation sites (N-methyl/N-ethyl adjacent to an activating group) is 1. The monoisotopic (exact) mass is 199 g/mol. The van der Waals surface area contributed by atoms with Gasteiger partial charge in [0.15, 0.2) is 0 Å². The molecular formula is C11H25N3. The zero-order valence-corrected chi connectivity index (χ0v) is 9.87. The number of rotatable bonds is 4. The highest BCUT2D eigenvalue weighted by atomic mass is 15.2. The van der Waals surface area contributed by atoms with Gasteiger partial charge in [-0.25, -0.2) is 0 Å². The lowest BCUT2D eigenvalue weighted by atomic mass is 9.99. The van der Waals surface area contributed by atoms with Crippen LogP contribution in [0, 0.1) is 5.92 Å². The third-order valence-electron chi connectivity index (χ3n) is 3.44. The summed E-state index contributed by atoms with van der Waals surface area (Å²) in [5.74, 6) is 0.648. The van der Waals surface area contributed by atoms with Crippen molar-refractivity contribution in [2.24, 2.45) is 11.7 Å².